The summed E-state index contributed by atoms with van der Waals surface area (Å²) >= 11 is 1.04. The van der Waals surface area contributed by atoms with Gasteiger partial charge in [-0.15, -0.1) is 11.3 Å². The number of nitrogens with two attached hydrogens (primary N) is 1. The molecule has 0 saturated carbocycles. The van der Waals surface area contributed by atoms with E-state index in [4.69, 9.17) is 5.73 Å². The highest BCUT2D eigenvalue weighted by Crippen LogP contribution is 2.27. The van der Waals surface area contributed by atoms with Gasteiger partial charge in [0.1, 0.15) is 10.9 Å². The molecule has 24 heavy (non-hydrogen) atoms. The molecule has 6 nitrogen and oxygen atoms in total. The van der Waals surface area contributed by atoms with E-state index in [0.29, 0.717) is 22.7 Å². The predicted octanol–water partition coefficient (Wildman–Crippen LogP) is 1.59. The second-order valence-electron chi connectivity index (χ2n) is 5.48. The summed E-state index contributed by atoms with van der Waals surface area (Å²) in [5, 5.41) is 0. The highest BCUT2D eigenvalue weighted by Gasteiger charge is 2.34. The average Bonchev–Trinajstić information content (AvgIpc) is 3.09. The number of nitrogens with zero attached hydrogens (tertiary/aromatic N) is 1. The van der Waals surface area contributed by atoms with Crippen molar-refractivity contribution in [1.29, 1.82) is 0 Å². The van der Waals surface area contributed by atoms with Crippen molar-refractivity contribution in [2.45, 2.75) is 19.0 Å². The number of rotatable bonds is 3. The summed E-state index contributed by atoms with van der Waals surface area (Å²) < 4.78 is 4.65. The summed E-state index contributed by atoms with van der Waals surface area (Å²) in [6.07, 6.45) is 0.395. The van der Waals surface area contributed by atoms with Crippen LogP contribution in [0.2, 0.25) is 0 Å². The van der Waals surface area contributed by atoms with E-state index in [-0.39, 0.29) is 5.91 Å². The third-order valence-corrected chi connectivity index (χ3v) is 5.09. The van der Waals surface area contributed by atoms with E-state index in [1.807, 2.05) is 24.3 Å². The SMILES string of the molecule is COC(=O)c1ccc(C(=O)N2Cc3ccccc3C[C@H]2C(N)=O)s1. The lowest BCUT2D eigenvalue weighted by molar-refractivity contribution is -0.122. The van der Waals surface area contributed by atoms with Crippen LogP contribution in [0.4, 0.5) is 0 Å². The zero-order valence-electron chi connectivity index (χ0n) is 13.0. The van der Waals surface area contributed by atoms with Gasteiger partial charge < -0.3 is 15.4 Å². The molecule has 1 atom stereocenters. The molecule has 2 amide bonds. The van der Waals surface area contributed by atoms with E-state index in [2.05, 4.69) is 4.74 Å². The number of amides is 2. The van der Waals surface area contributed by atoms with Crippen LogP contribution in [0.5, 0.6) is 0 Å². The molecule has 2 aromatic rings. The fraction of sp³-hybridized carbons (Fsp3) is 0.235. The zero-order valence-corrected chi connectivity index (χ0v) is 13.8. The molecule has 1 aromatic heterocycles. The molecular formula is C17H16N2O4S. The molecule has 0 fully saturated rings. The van der Waals surface area contributed by atoms with Gasteiger partial charge in [0.05, 0.1) is 12.0 Å². The first-order valence-electron chi connectivity index (χ1n) is 7.36. The first-order valence-corrected chi connectivity index (χ1v) is 8.18. The number of fused-ring (bicyclic) bond motifs is 1. The zero-order chi connectivity index (χ0) is 17.3. The third kappa shape index (κ3) is 2.90. The summed E-state index contributed by atoms with van der Waals surface area (Å²) in [6, 6.07) is 10.1. The number of hydrogen-bond acceptors (Lipinski definition) is 5. The molecule has 124 valence electrons. The Morgan fingerprint density at radius 1 is 1.12 bits per heavy atom. The van der Waals surface area contributed by atoms with Crippen LogP contribution in [0.3, 0.4) is 0 Å². The summed E-state index contributed by atoms with van der Waals surface area (Å²) in [5.74, 6) is -1.34. The topological polar surface area (TPSA) is 89.7 Å². The Hall–Kier alpha value is -2.67. The van der Waals surface area contributed by atoms with Crippen LogP contribution in [-0.4, -0.2) is 35.8 Å². The molecule has 0 unspecified atom stereocenters. The Morgan fingerprint density at radius 3 is 2.46 bits per heavy atom. The van der Waals surface area contributed by atoms with Crippen LogP contribution in [0.25, 0.3) is 0 Å². The number of carbonyl (C=O) groups is 3. The van der Waals surface area contributed by atoms with E-state index in [1.54, 1.807) is 12.1 Å². The van der Waals surface area contributed by atoms with Crippen LogP contribution in [0.15, 0.2) is 36.4 Å². The van der Waals surface area contributed by atoms with Crippen molar-refractivity contribution in [2.75, 3.05) is 7.11 Å². The number of benzene rings is 1. The molecule has 1 aliphatic rings. The molecule has 7 heteroatoms. The van der Waals surface area contributed by atoms with Crippen molar-refractivity contribution in [3.05, 3.63) is 57.3 Å². The molecule has 3 rings (SSSR count). The number of hydrogen-bond donors (Lipinski definition) is 1. The highest BCUT2D eigenvalue weighted by molar-refractivity contribution is 7.15. The van der Waals surface area contributed by atoms with E-state index in [1.165, 1.54) is 12.0 Å². The summed E-state index contributed by atoms with van der Waals surface area (Å²) in [7, 11) is 1.29. The van der Waals surface area contributed by atoms with Crippen molar-refractivity contribution >= 4 is 29.1 Å². The van der Waals surface area contributed by atoms with Crippen molar-refractivity contribution in [1.82, 2.24) is 4.90 Å². The van der Waals surface area contributed by atoms with E-state index < -0.39 is 17.9 Å². The lowest BCUT2D eigenvalue weighted by atomic mass is 9.93. The molecule has 1 aliphatic heterocycles. The number of ether oxygens (including phenoxy) is 1. The first kappa shape index (κ1) is 16.2. The van der Waals surface area contributed by atoms with Gasteiger partial charge in [-0.1, -0.05) is 24.3 Å². The highest BCUT2D eigenvalue weighted by atomic mass is 32.1. The lowest BCUT2D eigenvalue weighted by Crippen LogP contribution is -2.51. The van der Waals surface area contributed by atoms with Crippen LogP contribution >= 0.6 is 11.3 Å². The standard InChI is InChI=1S/C17H16N2O4S/c1-23-17(22)14-7-6-13(24-14)16(21)19-9-11-5-3-2-4-10(11)8-12(19)15(18)20/h2-7,12H,8-9H2,1H3,(H2,18,20)/t12-/m0/s1. The molecule has 0 saturated heterocycles. The van der Waals surface area contributed by atoms with Gasteiger partial charge in [0, 0.05) is 13.0 Å². The van der Waals surface area contributed by atoms with Gasteiger partial charge in [-0.2, -0.15) is 0 Å². The molecule has 1 aromatic carbocycles. The minimum absolute atomic E-state index is 0.312. The van der Waals surface area contributed by atoms with Gasteiger partial charge in [0.2, 0.25) is 5.91 Å². The van der Waals surface area contributed by atoms with E-state index >= 15 is 0 Å². The van der Waals surface area contributed by atoms with Gasteiger partial charge in [0.15, 0.2) is 0 Å². The van der Waals surface area contributed by atoms with Crippen LogP contribution in [0.1, 0.15) is 30.5 Å². The number of methoxy groups -OCH3 is 1. The van der Waals surface area contributed by atoms with Gasteiger partial charge in [0.25, 0.3) is 5.91 Å². The predicted molar refractivity (Wildman–Crippen MR) is 88.7 cm³/mol. The van der Waals surface area contributed by atoms with Crippen LogP contribution in [0, 0.1) is 0 Å². The van der Waals surface area contributed by atoms with Gasteiger partial charge >= 0.3 is 5.97 Å². The molecule has 0 spiro atoms. The monoisotopic (exact) mass is 344 g/mol. The Morgan fingerprint density at radius 2 is 1.79 bits per heavy atom. The van der Waals surface area contributed by atoms with Crippen LogP contribution in [-0.2, 0) is 22.5 Å². The largest absolute Gasteiger partial charge is 0.465 e. The second kappa shape index (κ2) is 6.45. The maximum Gasteiger partial charge on any atom is 0.348 e. The summed E-state index contributed by atoms with van der Waals surface area (Å²) in [6.45, 7) is 0.314. The maximum absolute atomic E-state index is 12.8. The second-order valence-corrected chi connectivity index (χ2v) is 6.56. The van der Waals surface area contributed by atoms with Crippen LogP contribution < -0.4 is 5.73 Å². The smallest absolute Gasteiger partial charge is 0.348 e. The number of primary amides is 1. The first-order chi connectivity index (χ1) is 11.5. The quantitative estimate of drug-likeness (QED) is 0.856. The Bertz CT molecular complexity index is 814. The number of esters is 1. The maximum atomic E-state index is 12.8. The Labute approximate surface area is 142 Å². The summed E-state index contributed by atoms with van der Waals surface area (Å²) in [5.41, 5.74) is 7.52. The van der Waals surface area contributed by atoms with Gasteiger partial charge in [-0.3, -0.25) is 9.59 Å². The molecule has 2 N–H and O–H groups in total. The molecule has 0 aliphatic carbocycles. The van der Waals surface area contributed by atoms with E-state index in [9.17, 15) is 14.4 Å². The Kier molecular flexibility index (Phi) is 4.35. The minimum Gasteiger partial charge on any atom is -0.465 e. The minimum atomic E-state index is -0.698. The van der Waals surface area contributed by atoms with Crippen molar-refractivity contribution in [2.24, 2.45) is 5.73 Å². The summed E-state index contributed by atoms with van der Waals surface area (Å²) in [4.78, 5) is 38.4. The molecular weight excluding hydrogens is 328 g/mol. The van der Waals surface area contributed by atoms with Crippen molar-refractivity contribution < 1.29 is 19.1 Å². The molecule has 0 radical (unpaired) electrons. The number of thiophene rings is 1. The van der Waals surface area contributed by atoms with Crippen molar-refractivity contribution in [3.8, 4) is 0 Å². The van der Waals surface area contributed by atoms with Gasteiger partial charge in [-0.05, 0) is 23.3 Å². The van der Waals surface area contributed by atoms with Crippen molar-refractivity contribution in [3.63, 3.8) is 0 Å². The molecule has 2 heterocycles. The fourth-order valence-electron chi connectivity index (χ4n) is 2.80. The third-order valence-electron chi connectivity index (χ3n) is 4.04. The number of carbonyl (C=O) groups excluding carboxylic acids is 3. The molecule has 0 bridgehead atoms. The normalized spacial score (nSPS) is 16.4. The Balaban J connectivity index is 1.91. The van der Waals surface area contributed by atoms with E-state index in [0.717, 1.165) is 22.5 Å². The van der Waals surface area contributed by atoms with Gasteiger partial charge in [-0.25, -0.2) is 4.79 Å². The average molecular weight is 344 g/mol. The lowest BCUT2D eigenvalue weighted by Gasteiger charge is -2.34. The fourth-order valence-corrected chi connectivity index (χ4v) is 3.68.